The van der Waals surface area contributed by atoms with Gasteiger partial charge in [-0.15, -0.1) is 0 Å². The smallest absolute Gasteiger partial charge is 0.339 e. The zero-order valence-corrected chi connectivity index (χ0v) is 6.11. The van der Waals surface area contributed by atoms with Crippen molar-refractivity contribution in [3.05, 3.63) is 29.8 Å². The van der Waals surface area contributed by atoms with Crippen LogP contribution >= 0.6 is 0 Å². The molecule has 1 radical (unpaired) electrons. The number of rotatable bonds is 1. The second kappa shape index (κ2) is 4.07. The summed E-state index contributed by atoms with van der Waals surface area (Å²) in [6.45, 7) is 0. The molecule has 0 aromatic heterocycles. The molecule has 1 aromatic rings. The number of carboxylic acid groups (broad SMARTS) is 1. The number of hydrogen-bond donors (Lipinski definition) is 2. The fraction of sp³-hybridized carbons (Fsp3) is 0. The molecule has 0 aliphatic rings. The zero-order chi connectivity index (χ0) is 7.56. The van der Waals surface area contributed by atoms with Crippen LogP contribution in [0.15, 0.2) is 24.3 Å². The van der Waals surface area contributed by atoms with Gasteiger partial charge in [0.05, 0.1) is 0 Å². The maximum absolute atomic E-state index is 10.3. The van der Waals surface area contributed by atoms with Crippen molar-refractivity contribution in [2.24, 2.45) is 0 Å². The third-order valence-corrected chi connectivity index (χ3v) is 1.13. The zero-order valence-electron chi connectivity index (χ0n) is 6.11. The van der Waals surface area contributed by atoms with E-state index in [-0.39, 0.29) is 30.2 Å². The van der Waals surface area contributed by atoms with Crippen molar-refractivity contribution >= 4 is 24.8 Å². The molecule has 0 spiro atoms. The molecule has 0 atom stereocenters. The van der Waals surface area contributed by atoms with Gasteiger partial charge in [0.15, 0.2) is 0 Å². The quantitative estimate of drug-likeness (QED) is 0.572. The van der Waals surface area contributed by atoms with E-state index < -0.39 is 5.97 Å². The Labute approximate surface area is 75.8 Å². The average Bonchev–Trinajstić information content (AvgIpc) is 1.88. The molecular weight excluding hydrogens is 139 g/mol. The van der Waals surface area contributed by atoms with E-state index in [4.69, 9.17) is 10.2 Å². The molecule has 0 bridgehead atoms. The normalized spacial score (nSPS) is 8.36. The van der Waals surface area contributed by atoms with Gasteiger partial charge in [-0.05, 0) is 12.1 Å². The van der Waals surface area contributed by atoms with Crippen molar-refractivity contribution in [1.82, 2.24) is 0 Å². The van der Waals surface area contributed by atoms with E-state index in [0.717, 1.165) is 0 Å². The van der Waals surface area contributed by atoms with Gasteiger partial charge in [0, 0.05) is 18.9 Å². The number of benzene rings is 1. The van der Waals surface area contributed by atoms with Crippen molar-refractivity contribution in [1.29, 1.82) is 0 Å². The summed E-state index contributed by atoms with van der Waals surface area (Å²) in [5.41, 5.74) is -0.0671. The molecule has 0 unspecified atom stereocenters. The Bertz CT molecular complexity index is 260. The number of carboxylic acids is 1. The molecule has 2 N–H and O–H groups in total. The van der Waals surface area contributed by atoms with Crippen molar-refractivity contribution in [2.75, 3.05) is 0 Å². The van der Waals surface area contributed by atoms with Crippen LogP contribution in [0.5, 0.6) is 5.75 Å². The summed E-state index contributed by atoms with van der Waals surface area (Å²) < 4.78 is 0. The van der Waals surface area contributed by atoms with Crippen LogP contribution in [0.2, 0.25) is 0 Å². The van der Waals surface area contributed by atoms with Crippen LogP contribution in [-0.2, 0) is 0 Å². The van der Waals surface area contributed by atoms with Gasteiger partial charge in [0.25, 0.3) is 0 Å². The molecule has 3 nitrogen and oxygen atoms in total. The average molecular weight is 145 g/mol. The van der Waals surface area contributed by atoms with Crippen LogP contribution < -0.4 is 0 Å². The summed E-state index contributed by atoms with van der Waals surface area (Å²) in [6.07, 6.45) is 0. The Morgan fingerprint density at radius 3 is 2.18 bits per heavy atom. The van der Waals surface area contributed by atoms with Crippen molar-refractivity contribution in [2.45, 2.75) is 0 Å². The van der Waals surface area contributed by atoms with Crippen LogP contribution in [0.4, 0.5) is 0 Å². The first-order valence-electron chi connectivity index (χ1n) is 2.73. The molecule has 11 heavy (non-hydrogen) atoms. The molecule has 0 heterocycles. The van der Waals surface area contributed by atoms with Crippen molar-refractivity contribution in [3.8, 4) is 5.75 Å². The second-order valence-corrected chi connectivity index (χ2v) is 1.82. The Morgan fingerprint density at radius 1 is 1.27 bits per heavy atom. The molecular formula is C7H6LiO3. The maximum atomic E-state index is 10.3. The van der Waals surface area contributed by atoms with Gasteiger partial charge >= 0.3 is 5.97 Å². The molecule has 0 aliphatic carbocycles. The van der Waals surface area contributed by atoms with Crippen LogP contribution in [0.1, 0.15) is 10.4 Å². The monoisotopic (exact) mass is 145 g/mol. The number of aromatic hydroxyl groups is 1. The van der Waals surface area contributed by atoms with E-state index in [2.05, 4.69) is 0 Å². The number of aromatic carboxylic acids is 1. The third-order valence-electron chi connectivity index (χ3n) is 1.13. The van der Waals surface area contributed by atoms with E-state index in [1.807, 2.05) is 0 Å². The largest absolute Gasteiger partial charge is 0.507 e. The fourth-order valence-electron chi connectivity index (χ4n) is 0.654. The van der Waals surface area contributed by atoms with Crippen LogP contribution in [0.3, 0.4) is 0 Å². The summed E-state index contributed by atoms with van der Waals surface area (Å²) in [5, 5.41) is 17.3. The minimum absolute atomic E-state index is 0. The van der Waals surface area contributed by atoms with E-state index >= 15 is 0 Å². The Balaban J connectivity index is 0.000001000. The fourth-order valence-corrected chi connectivity index (χ4v) is 0.654. The molecule has 4 heteroatoms. The summed E-state index contributed by atoms with van der Waals surface area (Å²) in [4.78, 5) is 10.3. The van der Waals surface area contributed by atoms with Gasteiger partial charge in [-0.3, -0.25) is 0 Å². The standard InChI is InChI=1S/C7H6O3.Li/c8-6-4-2-1-3-5(6)7(9)10;/h1-4,8H,(H,9,10);. The summed E-state index contributed by atoms with van der Waals surface area (Å²) in [7, 11) is 0. The maximum Gasteiger partial charge on any atom is 0.339 e. The van der Waals surface area contributed by atoms with Gasteiger partial charge in [0.1, 0.15) is 11.3 Å². The first kappa shape index (κ1) is 10.1. The molecule has 1 rings (SSSR count). The van der Waals surface area contributed by atoms with E-state index in [0.29, 0.717) is 0 Å². The molecule has 0 fully saturated rings. The minimum atomic E-state index is -1.11. The predicted molar refractivity (Wildman–Crippen MR) is 40.8 cm³/mol. The molecule has 0 amide bonds. The first-order chi connectivity index (χ1) is 4.72. The van der Waals surface area contributed by atoms with E-state index in [1.165, 1.54) is 12.1 Å². The summed E-state index contributed by atoms with van der Waals surface area (Å²) in [5.74, 6) is -1.31. The van der Waals surface area contributed by atoms with Gasteiger partial charge in [-0.2, -0.15) is 0 Å². The van der Waals surface area contributed by atoms with Gasteiger partial charge in [-0.1, -0.05) is 12.1 Å². The predicted octanol–water partition coefficient (Wildman–Crippen LogP) is 0.710. The van der Waals surface area contributed by atoms with Crippen molar-refractivity contribution < 1.29 is 15.0 Å². The molecule has 0 aliphatic heterocycles. The third kappa shape index (κ3) is 2.30. The SMILES string of the molecule is O=C(O)c1ccccc1O.[Li]. The summed E-state index contributed by atoms with van der Waals surface area (Å²) in [6, 6.07) is 5.81. The minimum Gasteiger partial charge on any atom is -0.507 e. The number of hydrogen-bond acceptors (Lipinski definition) is 2. The van der Waals surface area contributed by atoms with Crippen molar-refractivity contribution in [3.63, 3.8) is 0 Å². The topological polar surface area (TPSA) is 57.5 Å². The Hall–Kier alpha value is -0.913. The number of carbonyl (C=O) groups is 1. The van der Waals surface area contributed by atoms with E-state index in [1.54, 1.807) is 12.1 Å². The van der Waals surface area contributed by atoms with Gasteiger partial charge in [0.2, 0.25) is 0 Å². The molecule has 53 valence electrons. The second-order valence-electron chi connectivity index (χ2n) is 1.82. The number of para-hydroxylation sites is 1. The Morgan fingerprint density at radius 2 is 1.82 bits per heavy atom. The van der Waals surface area contributed by atoms with Gasteiger partial charge in [-0.25, -0.2) is 4.79 Å². The molecule has 1 aromatic carbocycles. The Kier molecular flexibility index (Phi) is 3.73. The summed E-state index contributed by atoms with van der Waals surface area (Å²) >= 11 is 0. The van der Waals surface area contributed by atoms with Crippen LogP contribution in [0, 0.1) is 0 Å². The van der Waals surface area contributed by atoms with Gasteiger partial charge < -0.3 is 10.2 Å². The van der Waals surface area contributed by atoms with Crippen LogP contribution in [0.25, 0.3) is 0 Å². The molecule has 0 saturated heterocycles. The van der Waals surface area contributed by atoms with E-state index in [9.17, 15) is 4.79 Å². The van der Waals surface area contributed by atoms with Crippen LogP contribution in [-0.4, -0.2) is 35.0 Å². The number of phenols is 1. The molecule has 0 saturated carbocycles. The first-order valence-corrected chi connectivity index (χ1v) is 2.73.